The molecule has 1 aromatic carbocycles. The number of aliphatic hydroxyl groups excluding tert-OH is 1. The van der Waals surface area contributed by atoms with Crippen molar-refractivity contribution in [2.45, 2.75) is 52.2 Å². The van der Waals surface area contributed by atoms with E-state index in [1.54, 1.807) is 0 Å². The predicted molar refractivity (Wildman–Crippen MR) is 96.7 cm³/mol. The SMILES string of the molecule is CCC(CO)NC(=O)NCc1ccc(CN2CCCC(C)C2)cc1. The molecule has 1 heterocycles. The fourth-order valence-electron chi connectivity index (χ4n) is 3.15. The monoisotopic (exact) mass is 333 g/mol. The Kier molecular flexibility index (Phi) is 7.53. The summed E-state index contributed by atoms with van der Waals surface area (Å²) in [5.41, 5.74) is 2.40. The van der Waals surface area contributed by atoms with Crippen LogP contribution in [-0.4, -0.2) is 41.8 Å². The van der Waals surface area contributed by atoms with Crippen LogP contribution in [0.25, 0.3) is 0 Å². The first-order chi connectivity index (χ1) is 11.6. The number of nitrogens with zero attached hydrogens (tertiary/aromatic N) is 1. The van der Waals surface area contributed by atoms with Gasteiger partial charge in [0.05, 0.1) is 12.6 Å². The smallest absolute Gasteiger partial charge is 0.315 e. The van der Waals surface area contributed by atoms with Crippen LogP contribution in [0.2, 0.25) is 0 Å². The summed E-state index contributed by atoms with van der Waals surface area (Å²) in [5, 5.41) is 14.7. The zero-order chi connectivity index (χ0) is 17.4. The number of likely N-dealkylation sites (tertiary alicyclic amines) is 1. The summed E-state index contributed by atoms with van der Waals surface area (Å²) in [5.74, 6) is 0.798. The van der Waals surface area contributed by atoms with Crippen LogP contribution in [0.4, 0.5) is 4.79 Å². The molecule has 0 aliphatic carbocycles. The fraction of sp³-hybridized carbons (Fsp3) is 0.632. The topological polar surface area (TPSA) is 64.6 Å². The molecule has 1 aliphatic rings. The van der Waals surface area contributed by atoms with Gasteiger partial charge >= 0.3 is 6.03 Å². The van der Waals surface area contributed by atoms with Gasteiger partial charge < -0.3 is 15.7 Å². The van der Waals surface area contributed by atoms with Gasteiger partial charge in [0.2, 0.25) is 0 Å². The predicted octanol–water partition coefficient (Wildman–Crippen LogP) is 2.49. The summed E-state index contributed by atoms with van der Waals surface area (Å²) >= 11 is 0. The van der Waals surface area contributed by atoms with E-state index in [9.17, 15) is 4.79 Å². The molecule has 1 fully saturated rings. The number of benzene rings is 1. The number of carbonyl (C=O) groups is 1. The van der Waals surface area contributed by atoms with E-state index in [1.165, 1.54) is 31.5 Å². The first kappa shape index (κ1) is 18.7. The molecule has 3 N–H and O–H groups in total. The largest absolute Gasteiger partial charge is 0.394 e. The molecule has 2 rings (SSSR count). The van der Waals surface area contributed by atoms with Crippen molar-refractivity contribution in [1.29, 1.82) is 0 Å². The molecule has 0 spiro atoms. The van der Waals surface area contributed by atoms with Crippen molar-refractivity contribution in [2.75, 3.05) is 19.7 Å². The molecule has 0 aromatic heterocycles. The molecule has 1 saturated heterocycles. The molecule has 5 nitrogen and oxygen atoms in total. The van der Waals surface area contributed by atoms with Crippen LogP contribution in [-0.2, 0) is 13.1 Å². The van der Waals surface area contributed by atoms with Crippen molar-refractivity contribution < 1.29 is 9.90 Å². The molecule has 0 bridgehead atoms. The lowest BCUT2D eigenvalue weighted by molar-refractivity contribution is 0.176. The van der Waals surface area contributed by atoms with Crippen molar-refractivity contribution in [3.8, 4) is 0 Å². The van der Waals surface area contributed by atoms with Gasteiger partial charge in [0.25, 0.3) is 0 Å². The Labute approximate surface area is 145 Å². The number of nitrogens with one attached hydrogen (secondary N) is 2. The summed E-state index contributed by atoms with van der Waals surface area (Å²) in [6, 6.07) is 8.04. The van der Waals surface area contributed by atoms with E-state index in [4.69, 9.17) is 5.11 Å². The van der Waals surface area contributed by atoms with Crippen molar-refractivity contribution in [3.05, 3.63) is 35.4 Å². The highest BCUT2D eigenvalue weighted by Gasteiger charge is 2.16. The van der Waals surface area contributed by atoms with Gasteiger partial charge in [-0.25, -0.2) is 4.79 Å². The Hall–Kier alpha value is -1.59. The highest BCUT2D eigenvalue weighted by molar-refractivity contribution is 5.74. The Morgan fingerprint density at radius 1 is 1.33 bits per heavy atom. The first-order valence-corrected chi connectivity index (χ1v) is 9.06. The maximum absolute atomic E-state index is 11.8. The second-order valence-corrected chi connectivity index (χ2v) is 6.91. The van der Waals surface area contributed by atoms with Crippen molar-refractivity contribution in [2.24, 2.45) is 5.92 Å². The number of urea groups is 1. The number of piperidine rings is 1. The van der Waals surface area contributed by atoms with Crippen LogP contribution >= 0.6 is 0 Å². The lowest BCUT2D eigenvalue weighted by atomic mass is 9.99. The Balaban J connectivity index is 1.76. The average molecular weight is 333 g/mol. The minimum absolute atomic E-state index is 0.0340. The van der Waals surface area contributed by atoms with E-state index in [-0.39, 0.29) is 18.7 Å². The Morgan fingerprint density at radius 3 is 2.67 bits per heavy atom. The van der Waals surface area contributed by atoms with Crippen molar-refractivity contribution in [1.82, 2.24) is 15.5 Å². The molecule has 2 amide bonds. The van der Waals surface area contributed by atoms with Crippen LogP contribution < -0.4 is 10.6 Å². The van der Waals surface area contributed by atoms with E-state index >= 15 is 0 Å². The van der Waals surface area contributed by atoms with Crippen molar-refractivity contribution in [3.63, 3.8) is 0 Å². The van der Waals surface area contributed by atoms with E-state index in [0.717, 1.165) is 18.0 Å². The van der Waals surface area contributed by atoms with Gasteiger partial charge in [0.15, 0.2) is 0 Å². The number of carbonyl (C=O) groups excluding carboxylic acids is 1. The minimum atomic E-state index is -0.234. The lowest BCUT2D eigenvalue weighted by Gasteiger charge is -2.30. The highest BCUT2D eigenvalue weighted by atomic mass is 16.3. The molecular weight excluding hydrogens is 302 g/mol. The molecular formula is C19H31N3O2. The summed E-state index contributed by atoms with van der Waals surface area (Å²) in [6.07, 6.45) is 3.36. The zero-order valence-electron chi connectivity index (χ0n) is 14.9. The summed E-state index contributed by atoms with van der Waals surface area (Å²) < 4.78 is 0. The fourth-order valence-corrected chi connectivity index (χ4v) is 3.15. The van der Waals surface area contributed by atoms with Gasteiger partial charge in [-0.1, -0.05) is 38.1 Å². The molecule has 1 aliphatic heterocycles. The van der Waals surface area contributed by atoms with Gasteiger partial charge in [-0.2, -0.15) is 0 Å². The van der Waals surface area contributed by atoms with E-state index in [0.29, 0.717) is 13.0 Å². The number of hydrogen-bond donors (Lipinski definition) is 3. The van der Waals surface area contributed by atoms with Gasteiger partial charge in [-0.05, 0) is 42.9 Å². The van der Waals surface area contributed by atoms with Crippen LogP contribution in [0.15, 0.2) is 24.3 Å². The third-order valence-corrected chi connectivity index (χ3v) is 4.67. The van der Waals surface area contributed by atoms with E-state index in [2.05, 4.69) is 46.7 Å². The summed E-state index contributed by atoms with van der Waals surface area (Å²) in [6.45, 7) is 8.11. The molecule has 134 valence electrons. The van der Waals surface area contributed by atoms with E-state index in [1.807, 2.05) is 6.92 Å². The van der Waals surface area contributed by atoms with Gasteiger partial charge in [0.1, 0.15) is 0 Å². The highest BCUT2D eigenvalue weighted by Crippen LogP contribution is 2.18. The molecule has 5 heteroatoms. The quantitative estimate of drug-likeness (QED) is 0.718. The average Bonchev–Trinajstić information content (AvgIpc) is 2.59. The lowest BCUT2D eigenvalue weighted by Crippen LogP contribution is -2.43. The second-order valence-electron chi connectivity index (χ2n) is 6.91. The standard InChI is InChI=1S/C19H31N3O2/c1-3-18(14-23)21-19(24)20-11-16-6-8-17(9-7-16)13-22-10-4-5-15(2)12-22/h6-9,15,18,23H,3-5,10-14H2,1-2H3,(H2,20,21,24). The van der Waals surface area contributed by atoms with Gasteiger partial charge in [0, 0.05) is 19.6 Å². The molecule has 2 atom stereocenters. The molecule has 1 aromatic rings. The van der Waals surface area contributed by atoms with Gasteiger partial charge in [-0.3, -0.25) is 4.90 Å². The van der Waals surface area contributed by atoms with Crippen molar-refractivity contribution >= 4 is 6.03 Å². The van der Waals surface area contributed by atoms with Crippen LogP contribution in [0.1, 0.15) is 44.2 Å². The molecule has 0 saturated carbocycles. The number of hydrogen-bond acceptors (Lipinski definition) is 3. The number of rotatable bonds is 7. The number of amides is 2. The maximum atomic E-state index is 11.8. The third-order valence-electron chi connectivity index (χ3n) is 4.67. The number of aliphatic hydroxyl groups is 1. The normalized spacial score (nSPS) is 19.7. The van der Waals surface area contributed by atoms with E-state index < -0.39 is 0 Å². The minimum Gasteiger partial charge on any atom is -0.394 e. The Morgan fingerprint density at radius 2 is 2.04 bits per heavy atom. The maximum Gasteiger partial charge on any atom is 0.315 e. The third kappa shape index (κ3) is 6.13. The molecule has 24 heavy (non-hydrogen) atoms. The van der Waals surface area contributed by atoms with Gasteiger partial charge in [-0.15, -0.1) is 0 Å². The summed E-state index contributed by atoms with van der Waals surface area (Å²) in [7, 11) is 0. The first-order valence-electron chi connectivity index (χ1n) is 9.06. The zero-order valence-corrected chi connectivity index (χ0v) is 14.9. The molecule has 2 unspecified atom stereocenters. The van der Waals surface area contributed by atoms with Crippen LogP contribution in [0.3, 0.4) is 0 Å². The second kappa shape index (κ2) is 9.64. The summed E-state index contributed by atoms with van der Waals surface area (Å²) in [4.78, 5) is 14.3. The van der Waals surface area contributed by atoms with Crippen LogP contribution in [0.5, 0.6) is 0 Å². The Bertz CT molecular complexity index is 500. The van der Waals surface area contributed by atoms with Crippen LogP contribution in [0, 0.1) is 5.92 Å². The molecule has 0 radical (unpaired) electrons.